The second-order valence-corrected chi connectivity index (χ2v) is 6.19. The minimum atomic E-state index is 0.678. The van der Waals surface area contributed by atoms with Gasteiger partial charge in [-0.1, -0.05) is 19.0 Å². The van der Waals surface area contributed by atoms with E-state index in [0.717, 1.165) is 43.3 Å². The van der Waals surface area contributed by atoms with Crippen molar-refractivity contribution in [2.45, 2.75) is 77.0 Å². The molecule has 1 aromatic rings. The first-order valence-corrected chi connectivity index (χ1v) is 8.10. The van der Waals surface area contributed by atoms with Gasteiger partial charge in [0.05, 0.1) is 6.54 Å². The topological polar surface area (TPSA) is 54.2 Å². The van der Waals surface area contributed by atoms with Gasteiger partial charge in [-0.2, -0.15) is 4.98 Å². The van der Waals surface area contributed by atoms with Gasteiger partial charge >= 0.3 is 0 Å². The molecule has 1 aromatic heterocycles. The molecule has 3 heterocycles. The molecule has 0 radical (unpaired) electrons. The van der Waals surface area contributed by atoms with Gasteiger partial charge in [-0.05, 0) is 38.6 Å². The molecular formula is C15H26N4O. The SMILES string of the molecule is CCCN(Cc1noc(CC)n1)C1CC2CCC(C1)N2. The molecule has 0 amide bonds. The summed E-state index contributed by atoms with van der Waals surface area (Å²) in [6.45, 7) is 6.25. The lowest BCUT2D eigenvalue weighted by atomic mass is 9.98. The summed E-state index contributed by atoms with van der Waals surface area (Å²) in [5, 5.41) is 7.83. The van der Waals surface area contributed by atoms with E-state index >= 15 is 0 Å². The lowest BCUT2D eigenvalue weighted by Gasteiger charge is -2.37. The van der Waals surface area contributed by atoms with E-state index in [1.807, 2.05) is 6.92 Å². The molecule has 2 saturated heterocycles. The number of nitrogens with one attached hydrogen (secondary N) is 1. The molecule has 112 valence electrons. The number of hydrogen-bond donors (Lipinski definition) is 1. The van der Waals surface area contributed by atoms with Crippen LogP contribution in [-0.4, -0.2) is 39.7 Å². The Bertz CT molecular complexity index is 421. The molecule has 0 spiro atoms. The van der Waals surface area contributed by atoms with E-state index in [9.17, 15) is 0 Å². The largest absolute Gasteiger partial charge is 0.339 e. The van der Waals surface area contributed by atoms with Crippen molar-refractivity contribution < 1.29 is 4.52 Å². The Hall–Kier alpha value is -0.940. The van der Waals surface area contributed by atoms with Crippen molar-refractivity contribution in [3.8, 4) is 0 Å². The summed E-state index contributed by atoms with van der Waals surface area (Å²) in [5.74, 6) is 1.60. The van der Waals surface area contributed by atoms with E-state index < -0.39 is 0 Å². The monoisotopic (exact) mass is 278 g/mol. The molecule has 2 unspecified atom stereocenters. The molecule has 5 heteroatoms. The first-order chi connectivity index (χ1) is 9.78. The van der Waals surface area contributed by atoms with Crippen LogP contribution in [-0.2, 0) is 13.0 Å². The minimum absolute atomic E-state index is 0.678. The molecule has 2 fully saturated rings. The molecule has 2 aliphatic heterocycles. The summed E-state index contributed by atoms with van der Waals surface area (Å²) in [6.07, 6.45) is 7.24. The van der Waals surface area contributed by atoms with Crippen molar-refractivity contribution in [1.82, 2.24) is 20.4 Å². The van der Waals surface area contributed by atoms with Crippen molar-refractivity contribution in [3.05, 3.63) is 11.7 Å². The van der Waals surface area contributed by atoms with Gasteiger partial charge in [0.15, 0.2) is 5.82 Å². The second-order valence-electron chi connectivity index (χ2n) is 6.19. The molecule has 2 aliphatic rings. The van der Waals surface area contributed by atoms with Gasteiger partial charge in [0, 0.05) is 24.5 Å². The number of aryl methyl sites for hydroxylation is 1. The minimum Gasteiger partial charge on any atom is -0.339 e. The van der Waals surface area contributed by atoms with Crippen molar-refractivity contribution >= 4 is 0 Å². The van der Waals surface area contributed by atoms with Crippen molar-refractivity contribution in [2.24, 2.45) is 0 Å². The maximum Gasteiger partial charge on any atom is 0.226 e. The predicted octanol–water partition coefficient (Wildman–Crippen LogP) is 2.13. The van der Waals surface area contributed by atoms with Crippen LogP contribution >= 0.6 is 0 Å². The molecule has 2 bridgehead atoms. The Kier molecular flexibility index (Phi) is 4.36. The maximum absolute atomic E-state index is 5.23. The Morgan fingerprint density at radius 1 is 1.25 bits per heavy atom. The fraction of sp³-hybridized carbons (Fsp3) is 0.867. The van der Waals surface area contributed by atoms with Crippen LogP contribution in [0.25, 0.3) is 0 Å². The summed E-state index contributed by atoms with van der Waals surface area (Å²) in [6, 6.07) is 2.14. The highest BCUT2D eigenvalue weighted by Crippen LogP contribution is 2.30. The van der Waals surface area contributed by atoms with E-state index in [1.165, 1.54) is 32.1 Å². The van der Waals surface area contributed by atoms with Gasteiger partial charge < -0.3 is 9.84 Å². The molecule has 5 nitrogen and oxygen atoms in total. The average molecular weight is 278 g/mol. The van der Waals surface area contributed by atoms with Gasteiger partial charge in [0.2, 0.25) is 5.89 Å². The maximum atomic E-state index is 5.23. The molecule has 2 atom stereocenters. The summed E-state index contributed by atoms with van der Waals surface area (Å²) in [4.78, 5) is 7.03. The van der Waals surface area contributed by atoms with Gasteiger partial charge in [-0.3, -0.25) is 4.90 Å². The first-order valence-electron chi connectivity index (χ1n) is 8.10. The summed E-state index contributed by atoms with van der Waals surface area (Å²) < 4.78 is 5.23. The Morgan fingerprint density at radius 2 is 2.00 bits per heavy atom. The number of aromatic nitrogens is 2. The number of rotatable bonds is 6. The Balaban J connectivity index is 1.65. The van der Waals surface area contributed by atoms with E-state index in [2.05, 4.69) is 27.3 Å². The van der Waals surface area contributed by atoms with E-state index in [4.69, 9.17) is 4.52 Å². The second kappa shape index (κ2) is 6.22. The van der Waals surface area contributed by atoms with Crippen LogP contribution in [0.15, 0.2) is 4.52 Å². The lowest BCUT2D eigenvalue weighted by molar-refractivity contribution is 0.129. The fourth-order valence-corrected chi connectivity index (χ4v) is 3.68. The highest BCUT2D eigenvalue weighted by atomic mass is 16.5. The Morgan fingerprint density at radius 3 is 2.60 bits per heavy atom. The lowest BCUT2D eigenvalue weighted by Crippen LogP contribution is -2.48. The summed E-state index contributed by atoms with van der Waals surface area (Å²) in [5.41, 5.74) is 0. The fourth-order valence-electron chi connectivity index (χ4n) is 3.68. The molecular weight excluding hydrogens is 252 g/mol. The molecule has 1 N–H and O–H groups in total. The zero-order valence-electron chi connectivity index (χ0n) is 12.6. The van der Waals surface area contributed by atoms with E-state index in [-0.39, 0.29) is 0 Å². The van der Waals surface area contributed by atoms with Gasteiger partial charge in [0.1, 0.15) is 0 Å². The van der Waals surface area contributed by atoms with Crippen LogP contribution in [0.3, 0.4) is 0 Å². The highest BCUT2D eigenvalue weighted by molar-refractivity contribution is 4.97. The molecule has 0 aromatic carbocycles. The normalized spacial score (nSPS) is 29.2. The predicted molar refractivity (Wildman–Crippen MR) is 77.3 cm³/mol. The van der Waals surface area contributed by atoms with Crippen LogP contribution in [0.2, 0.25) is 0 Å². The Labute approximate surface area is 121 Å². The van der Waals surface area contributed by atoms with Gasteiger partial charge in [-0.25, -0.2) is 0 Å². The van der Waals surface area contributed by atoms with E-state index in [1.54, 1.807) is 0 Å². The van der Waals surface area contributed by atoms with Crippen LogP contribution < -0.4 is 5.32 Å². The third-order valence-corrected chi connectivity index (χ3v) is 4.63. The summed E-state index contributed by atoms with van der Waals surface area (Å²) >= 11 is 0. The van der Waals surface area contributed by atoms with Gasteiger partial charge in [0.25, 0.3) is 0 Å². The van der Waals surface area contributed by atoms with E-state index in [0.29, 0.717) is 6.04 Å². The molecule has 0 saturated carbocycles. The third-order valence-electron chi connectivity index (χ3n) is 4.63. The van der Waals surface area contributed by atoms with Crippen molar-refractivity contribution in [3.63, 3.8) is 0 Å². The average Bonchev–Trinajstić information content (AvgIpc) is 3.05. The number of hydrogen-bond acceptors (Lipinski definition) is 5. The van der Waals surface area contributed by atoms with Crippen LogP contribution in [0, 0.1) is 0 Å². The van der Waals surface area contributed by atoms with Crippen LogP contribution in [0.5, 0.6) is 0 Å². The van der Waals surface area contributed by atoms with Crippen molar-refractivity contribution in [1.29, 1.82) is 0 Å². The smallest absolute Gasteiger partial charge is 0.226 e. The first kappa shape index (κ1) is 14.0. The van der Waals surface area contributed by atoms with Crippen molar-refractivity contribution in [2.75, 3.05) is 6.54 Å². The third kappa shape index (κ3) is 3.04. The molecule has 20 heavy (non-hydrogen) atoms. The number of fused-ring (bicyclic) bond motifs is 2. The van der Waals surface area contributed by atoms with Gasteiger partial charge in [-0.15, -0.1) is 0 Å². The highest BCUT2D eigenvalue weighted by Gasteiger charge is 2.36. The standard InChI is InChI=1S/C15H26N4O/c1-3-7-19(10-14-17-15(4-2)20-18-14)13-8-11-5-6-12(9-13)16-11/h11-13,16H,3-10H2,1-2H3. The molecule has 3 rings (SSSR count). The zero-order chi connectivity index (χ0) is 13.9. The molecule has 0 aliphatic carbocycles. The quantitative estimate of drug-likeness (QED) is 0.864. The number of nitrogens with zero attached hydrogens (tertiary/aromatic N) is 3. The van der Waals surface area contributed by atoms with Crippen LogP contribution in [0.1, 0.15) is 57.7 Å². The summed E-state index contributed by atoms with van der Waals surface area (Å²) in [7, 11) is 0. The van der Waals surface area contributed by atoms with Crippen LogP contribution in [0.4, 0.5) is 0 Å². The zero-order valence-corrected chi connectivity index (χ0v) is 12.6. The number of piperidine rings is 1.